The normalized spacial score (nSPS) is 11.2. The molecule has 0 saturated heterocycles. The van der Waals surface area contributed by atoms with Gasteiger partial charge in [0.1, 0.15) is 11.6 Å². The average Bonchev–Trinajstić information content (AvgIpc) is 2.72. The first kappa shape index (κ1) is 24.8. The van der Waals surface area contributed by atoms with Gasteiger partial charge >= 0.3 is 12.2 Å². The van der Waals surface area contributed by atoms with Crippen LogP contribution in [-0.2, 0) is 6.18 Å². The van der Waals surface area contributed by atoms with Crippen molar-refractivity contribution in [3.63, 3.8) is 0 Å². The lowest BCUT2D eigenvalue weighted by molar-refractivity contribution is -0.137. The predicted octanol–water partition coefficient (Wildman–Crippen LogP) is 7.40. The van der Waals surface area contributed by atoms with Crippen molar-refractivity contribution in [2.24, 2.45) is 0 Å². The fourth-order valence-electron chi connectivity index (χ4n) is 2.55. The van der Waals surface area contributed by atoms with Crippen LogP contribution in [0.3, 0.4) is 0 Å². The highest BCUT2D eigenvalue weighted by atomic mass is 35.5. The van der Waals surface area contributed by atoms with Gasteiger partial charge in [-0.25, -0.2) is 13.6 Å². The zero-order chi connectivity index (χ0) is 24.3. The maximum atomic E-state index is 14.5. The van der Waals surface area contributed by atoms with E-state index in [1.165, 1.54) is 18.2 Å². The Hall–Kier alpha value is -2.82. The minimum absolute atomic E-state index is 0.00105. The molecule has 0 aliphatic rings. The van der Waals surface area contributed by atoms with Gasteiger partial charge in [-0.2, -0.15) is 13.2 Å². The summed E-state index contributed by atoms with van der Waals surface area (Å²) in [7, 11) is 0. The molecule has 0 heterocycles. The number of imide groups is 1. The van der Waals surface area contributed by atoms with Gasteiger partial charge in [0.25, 0.3) is 5.91 Å². The Morgan fingerprint density at radius 1 is 0.848 bits per heavy atom. The van der Waals surface area contributed by atoms with Crippen molar-refractivity contribution < 1.29 is 31.5 Å². The molecule has 3 amide bonds. The van der Waals surface area contributed by atoms with Crippen LogP contribution in [0.4, 0.5) is 32.4 Å². The van der Waals surface area contributed by atoms with Crippen molar-refractivity contribution in [1.82, 2.24) is 5.32 Å². The number of benzene rings is 3. The van der Waals surface area contributed by atoms with Gasteiger partial charge in [-0.3, -0.25) is 10.1 Å². The number of carbonyl (C=O) groups is 2. The molecule has 0 unspecified atom stereocenters. The van der Waals surface area contributed by atoms with E-state index in [2.05, 4.69) is 0 Å². The van der Waals surface area contributed by atoms with Gasteiger partial charge < -0.3 is 5.32 Å². The number of urea groups is 1. The van der Waals surface area contributed by atoms with Crippen molar-refractivity contribution in [2.75, 3.05) is 5.32 Å². The summed E-state index contributed by atoms with van der Waals surface area (Å²) in [5.74, 6) is -2.89. The molecule has 0 spiro atoms. The molecule has 0 atom stereocenters. The summed E-state index contributed by atoms with van der Waals surface area (Å²) in [6.45, 7) is 0. The molecular formula is C21H11Cl2F5N2O2S. The zero-order valence-electron chi connectivity index (χ0n) is 16.1. The second-order valence-corrected chi connectivity index (χ2v) is 8.29. The molecule has 2 N–H and O–H groups in total. The van der Waals surface area contributed by atoms with Crippen LogP contribution in [0.1, 0.15) is 15.9 Å². The Balaban J connectivity index is 1.73. The zero-order valence-corrected chi connectivity index (χ0v) is 18.4. The molecule has 12 heteroatoms. The van der Waals surface area contributed by atoms with E-state index in [0.717, 1.165) is 18.2 Å². The van der Waals surface area contributed by atoms with Crippen LogP contribution < -0.4 is 10.6 Å². The number of rotatable bonds is 4. The Labute approximate surface area is 198 Å². The van der Waals surface area contributed by atoms with E-state index in [1.807, 2.05) is 10.6 Å². The molecule has 4 nitrogen and oxygen atoms in total. The quantitative estimate of drug-likeness (QED) is 0.352. The predicted molar refractivity (Wildman–Crippen MR) is 115 cm³/mol. The smallest absolute Gasteiger partial charge is 0.305 e. The van der Waals surface area contributed by atoms with Gasteiger partial charge in [-0.15, -0.1) is 0 Å². The van der Waals surface area contributed by atoms with Gasteiger partial charge in [0.05, 0.1) is 31.8 Å². The highest BCUT2D eigenvalue weighted by Gasteiger charge is 2.31. The van der Waals surface area contributed by atoms with Gasteiger partial charge in [0.2, 0.25) is 0 Å². The molecule has 0 aliphatic carbocycles. The fraction of sp³-hybridized carbons (Fsp3) is 0.0476. The summed E-state index contributed by atoms with van der Waals surface area (Å²) in [6, 6.07) is 8.63. The molecule has 172 valence electrons. The van der Waals surface area contributed by atoms with Crippen LogP contribution in [0.5, 0.6) is 0 Å². The minimum atomic E-state index is -4.61. The fourth-order valence-corrected chi connectivity index (χ4v) is 3.92. The van der Waals surface area contributed by atoms with E-state index in [1.54, 1.807) is 6.07 Å². The lowest BCUT2D eigenvalue weighted by Gasteiger charge is -2.12. The van der Waals surface area contributed by atoms with Gasteiger partial charge in [-0.1, -0.05) is 47.1 Å². The minimum Gasteiger partial charge on any atom is -0.305 e. The number of anilines is 1. The molecular weight excluding hydrogens is 510 g/mol. The Kier molecular flexibility index (Phi) is 7.51. The van der Waals surface area contributed by atoms with Gasteiger partial charge in [-0.05, 0) is 36.4 Å². The van der Waals surface area contributed by atoms with Crippen molar-refractivity contribution >= 4 is 52.6 Å². The van der Waals surface area contributed by atoms with Crippen molar-refractivity contribution in [3.05, 3.63) is 87.4 Å². The molecule has 0 fully saturated rings. The van der Waals surface area contributed by atoms with Crippen LogP contribution in [-0.4, -0.2) is 11.9 Å². The molecule has 0 bridgehead atoms. The van der Waals surface area contributed by atoms with Crippen molar-refractivity contribution in [3.8, 4) is 0 Å². The third-order valence-electron chi connectivity index (χ3n) is 4.09. The molecule has 0 aromatic heterocycles. The van der Waals surface area contributed by atoms with Crippen LogP contribution >= 0.6 is 35.0 Å². The molecule has 0 saturated carbocycles. The second kappa shape index (κ2) is 9.98. The lowest BCUT2D eigenvalue weighted by Crippen LogP contribution is -2.34. The standard InChI is InChI=1S/C21H11Cl2F5N2O2S/c22-12-4-2-1-3-11(12)19(31)30-20(32)29-16-8-15(25)18(9-14(16)24)33-17-6-5-10(7-13(17)23)21(26,27)28/h1-9H,(H2,29,30,31,32). The Morgan fingerprint density at radius 2 is 1.55 bits per heavy atom. The van der Waals surface area contributed by atoms with Crippen molar-refractivity contribution in [2.45, 2.75) is 16.0 Å². The van der Waals surface area contributed by atoms with E-state index >= 15 is 0 Å². The highest BCUT2D eigenvalue weighted by Crippen LogP contribution is 2.39. The first-order valence-electron chi connectivity index (χ1n) is 8.86. The highest BCUT2D eigenvalue weighted by molar-refractivity contribution is 7.99. The van der Waals surface area contributed by atoms with E-state index in [9.17, 15) is 31.5 Å². The summed E-state index contributed by atoms with van der Waals surface area (Å²) in [5.41, 5.74) is -1.55. The van der Waals surface area contributed by atoms with Crippen molar-refractivity contribution in [1.29, 1.82) is 0 Å². The number of amides is 3. The van der Waals surface area contributed by atoms with Gasteiger partial charge in [0.15, 0.2) is 0 Å². The molecule has 0 radical (unpaired) electrons. The number of alkyl halides is 3. The summed E-state index contributed by atoms with van der Waals surface area (Å²) < 4.78 is 67.1. The Bertz CT molecular complexity index is 1240. The topological polar surface area (TPSA) is 58.2 Å². The number of nitrogens with one attached hydrogen (secondary N) is 2. The first-order chi connectivity index (χ1) is 15.5. The third kappa shape index (κ3) is 6.16. The van der Waals surface area contributed by atoms with E-state index in [4.69, 9.17) is 23.2 Å². The largest absolute Gasteiger partial charge is 0.416 e. The maximum absolute atomic E-state index is 14.5. The van der Waals surface area contributed by atoms with E-state index < -0.39 is 41.0 Å². The first-order valence-corrected chi connectivity index (χ1v) is 10.4. The number of hydrogen-bond donors (Lipinski definition) is 2. The SMILES string of the molecule is O=C(NC(=O)c1ccccc1Cl)Nc1cc(F)c(Sc2ccc(C(F)(F)F)cc2Cl)cc1F. The molecule has 0 aliphatic heterocycles. The molecule has 3 aromatic rings. The van der Waals surface area contributed by atoms with E-state index in [-0.39, 0.29) is 25.4 Å². The van der Waals surface area contributed by atoms with Crippen LogP contribution in [0.25, 0.3) is 0 Å². The molecule has 33 heavy (non-hydrogen) atoms. The van der Waals surface area contributed by atoms with Crippen LogP contribution in [0, 0.1) is 11.6 Å². The summed E-state index contributed by atoms with van der Waals surface area (Å²) in [5, 5.41) is 3.73. The third-order valence-corrected chi connectivity index (χ3v) is 5.96. The molecule has 3 aromatic carbocycles. The van der Waals surface area contributed by atoms with Crippen LogP contribution in [0.2, 0.25) is 10.0 Å². The maximum Gasteiger partial charge on any atom is 0.416 e. The monoisotopic (exact) mass is 520 g/mol. The lowest BCUT2D eigenvalue weighted by atomic mass is 10.2. The number of hydrogen-bond acceptors (Lipinski definition) is 3. The van der Waals surface area contributed by atoms with Gasteiger partial charge in [0, 0.05) is 11.0 Å². The summed E-state index contributed by atoms with van der Waals surface area (Å²) in [4.78, 5) is 23.9. The summed E-state index contributed by atoms with van der Waals surface area (Å²) in [6.07, 6.45) is -4.61. The Morgan fingerprint density at radius 3 is 2.18 bits per heavy atom. The summed E-state index contributed by atoms with van der Waals surface area (Å²) >= 11 is 12.3. The molecule has 3 rings (SSSR count). The second-order valence-electron chi connectivity index (χ2n) is 6.40. The number of halogens is 7. The average molecular weight is 521 g/mol. The van der Waals surface area contributed by atoms with E-state index in [0.29, 0.717) is 23.9 Å². The number of carbonyl (C=O) groups excluding carboxylic acids is 2. The van der Waals surface area contributed by atoms with Crippen LogP contribution in [0.15, 0.2) is 64.4 Å².